The lowest BCUT2D eigenvalue weighted by atomic mass is 9.87. The SMILES string of the molecule is CCc1ccccc1NC(=O)N1CCN(Cc2ccc(C(C)(C)C)cc2)CC1. The van der Waals surface area contributed by atoms with Gasteiger partial charge in [0.15, 0.2) is 0 Å². The third-order valence-electron chi connectivity index (χ3n) is 5.53. The Labute approximate surface area is 169 Å². The summed E-state index contributed by atoms with van der Waals surface area (Å²) >= 11 is 0. The number of aryl methyl sites for hydroxylation is 1. The molecule has 0 saturated carbocycles. The molecule has 150 valence electrons. The first-order valence-electron chi connectivity index (χ1n) is 10.3. The largest absolute Gasteiger partial charge is 0.322 e. The summed E-state index contributed by atoms with van der Waals surface area (Å²) in [7, 11) is 0. The summed E-state index contributed by atoms with van der Waals surface area (Å²) in [4.78, 5) is 17.0. The summed E-state index contributed by atoms with van der Waals surface area (Å²) in [5.41, 5.74) is 4.99. The lowest BCUT2D eigenvalue weighted by Crippen LogP contribution is -2.49. The molecular formula is C24H33N3O. The van der Waals surface area contributed by atoms with Crippen molar-refractivity contribution in [2.45, 2.75) is 46.1 Å². The highest BCUT2D eigenvalue weighted by Gasteiger charge is 2.22. The van der Waals surface area contributed by atoms with Crippen LogP contribution in [-0.2, 0) is 18.4 Å². The van der Waals surface area contributed by atoms with Gasteiger partial charge >= 0.3 is 6.03 Å². The molecule has 3 rings (SSSR count). The maximum Gasteiger partial charge on any atom is 0.321 e. The van der Waals surface area contributed by atoms with E-state index < -0.39 is 0 Å². The Bertz CT molecular complexity index is 784. The second-order valence-electron chi connectivity index (χ2n) is 8.65. The molecule has 28 heavy (non-hydrogen) atoms. The van der Waals surface area contributed by atoms with E-state index in [4.69, 9.17) is 0 Å². The van der Waals surface area contributed by atoms with Crippen LogP contribution in [0.25, 0.3) is 0 Å². The van der Waals surface area contributed by atoms with Gasteiger partial charge in [0.1, 0.15) is 0 Å². The fourth-order valence-electron chi connectivity index (χ4n) is 3.62. The Morgan fingerprint density at radius 1 is 0.964 bits per heavy atom. The number of carbonyl (C=O) groups is 1. The van der Waals surface area contributed by atoms with E-state index in [0.29, 0.717) is 0 Å². The number of anilines is 1. The summed E-state index contributed by atoms with van der Waals surface area (Å²) in [5.74, 6) is 0. The van der Waals surface area contributed by atoms with Gasteiger partial charge in [-0.3, -0.25) is 4.90 Å². The molecule has 1 N–H and O–H groups in total. The zero-order valence-corrected chi connectivity index (χ0v) is 17.7. The average Bonchev–Trinajstić information content (AvgIpc) is 2.68. The van der Waals surface area contributed by atoms with Crippen LogP contribution in [0.5, 0.6) is 0 Å². The number of nitrogens with one attached hydrogen (secondary N) is 1. The Balaban J connectivity index is 1.51. The van der Waals surface area contributed by atoms with E-state index in [1.165, 1.54) is 16.7 Å². The molecule has 1 heterocycles. The molecule has 0 atom stereocenters. The number of para-hydroxylation sites is 1. The van der Waals surface area contributed by atoms with E-state index >= 15 is 0 Å². The highest BCUT2D eigenvalue weighted by Crippen LogP contribution is 2.23. The predicted octanol–water partition coefficient (Wildman–Crippen LogP) is 4.90. The topological polar surface area (TPSA) is 35.6 Å². The molecule has 0 aliphatic carbocycles. The lowest BCUT2D eigenvalue weighted by Gasteiger charge is -2.35. The van der Waals surface area contributed by atoms with Crippen molar-refractivity contribution >= 4 is 11.7 Å². The maximum absolute atomic E-state index is 12.6. The number of hydrogen-bond acceptors (Lipinski definition) is 2. The van der Waals surface area contributed by atoms with Gasteiger partial charge in [0.2, 0.25) is 0 Å². The van der Waals surface area contributed by atoms with Gasteiger partial charge in [-0.1, -0.05) is 70.2 Å². The van der Waals surface area contributed by atoms with Gasteiger partial charge in [0, 0.05) is 38.4 Å². The van der Waals surface area contributed by atoms with E-state index in [9.17, 15) is 4.79 Å². The van der Waals surface area contributed by atoms with Gasteiger partial charge in [0.25, 0.3) is 0 Å². The number of carbonyl (C=O) groups excluding carboxylic acids is 1. The third kappa shape index (κ3) is 5.14. The van der Waals surface area contributed by atoms with E-state index in [-0.39, 0.29) is 11.4 Å². The highest BCUT2D eigenvalue weighted by atomic mass is 16.2. The molecule has 0 aromatic heterocycles. The van der Waals surface area contributed by atoms with E-state index in [1.807, 2.05) is 23.1 Å². The van der Waals surface area contributed by atoms with Gasteiger partial charge in [-0.15, -0.1) is 0 Å². The number of urea groups is 1. The first-order chi connectivity index (χ1) is 13.4. The Morgan fingerprint density at radius 2 is 1.61 bits per heavy atom. The molecule has 0 unspecified atom stereocenters. The van der Waals surface area contributed by atoms with Crippen molar-refractivity contribution in [3.63, 3.8) is 0 Å². The molecule has 1 aliphatic heterocycles. The zero-order chi connectivity index (χ0) is 20.1. The third-order valence-corrected chi connectivity index (χ3v) is 5.53. The van der Waals surface area contributed by atoms with Crippen molar-refractivity contribution in [2.75, 3.05) is 31.5 Å². The minimum Gasteiger partial charge on any atom is -0.322 e. The first kappa shape index (κ1) is 20.4. The normalized spacial score (nSPS) is 15.5. The first-order valence-corrected chi connectivity index (χ1v) is 10.3. The number of benzene rings is 2. The van der Waals surface area contributed by atoms with Crippen LogP contribution in [0.3, 0.4) is 0 Å². The summed E-state index contributed by atoms with van der Waals surface area (Å²) in [5, 5.41) is 3.08. The molecule has 4 nitrogen and oxygen atoms in total. The van der Waals surface area contributed by atoms with E-state index in [2.05, 4.69) is 68.2 Å². The van der Waals surface area contributed by atoms with E-state index in [1.54, 1.807) is 0 Å². The van der Waals surface area contributed by atoms with Gasteiger partial charge in [-0.2, -0.15) is 0 Å². The van der Waals surface area contributed by atoms with Crippen LogP contribution >= 0.6 is 0 Å². The molecule has 1 aliphatic rings. The van der Waals surface area contributed by atoms with Crippen molar-refractivity contribution in [3.05, 3.63) is 65.2 Å². The fraction of sp³-hybridized carbons (Fsp3) is 0.458. The molecule has 2 amide bonds. The standard InChI is InChI=1S/C24H33N3O/c1-5-20-8-6-7-9-22(20)25-23(28)27-16-14-26(15-17-27)18-19-10-12-21(13-11-19)24(2,3)4/h6-13H,5,14-18H2,1-4H3,(H,25,28). The van der Waals surface area contributed by atoms with Crippen molar-refractivity contribution in [2.24, 2.45) is 0 Å². The summed E-state index contributed by atoms with van der Waals surface area (Å²) in [6.07, 6.45) is 0.915. The minimum absolute atomic E-state index is 0.00933. The predicted molar refractivity (Wildman–Crippen MR) is 117 cm³/mol. The van der Waals surface area contributed by atoms with Gasteiger partial charge in [-0.05, 0) is 34.6 Å². The molecule has 1 saturated heterocycles. The van der Waals surface area contributed by atoms with Crippen LogP contribution in [0.1, 0.15) is 44.4 Å². The van der Waals surface area contributed by atoms with Crippen LogP contribution in [0.15, 0.2) is 48.5 Å². The number of rotatable bonds is 4. The quantitative estimate of drug-likeness (QED) is 0.820. The Morgan fingerprint density at radius 3 is 2.21 bits per heavy atom. The molecule has 2 aromatic carbocycles. The second-order valence-corrected chi connectivity index (χ2v) is 8.65. The van der Waals surface area contributed by atoms with Crippen LogP contribution in [0.4, 0.5) is 10.5 Å². The van der Waals surface area contributed by atoms with Crippen molar-refractivity contribution < 1.29 is 4.79 Å². The molecule has 0 spiro atoms. The number of hydrogen-bond donors (Lipinski definition) is 1. The van der Waals surface area contributed by atoms with Crippen molar-refractivity contribution in [1.29, 1.82) is 0 Å². The molecule has 0 radical (unpaired) electrons. The molecular weight excluding hydrogens is 346 g/mol. The van der Waals surface area contributed by atoms with Crippen LogP contribution in [0.2, 0.25) is 0 Å². The van der Waals surface area contributed by atoms with Crippen molar-refractivity contribution in [3.8, 4) is 0 Å². The smallest absolute Gasteiger partial charge is 0.321 e. The van der Waals surface area contributed by atoms with E-state index in [0.717, 1.165) is 44.8 Å². The molecule has 2 aromatic rings. The lowest BCUT2D eigenvalue weighted by molar-refractivity contribution is 0.143. The average molecular weight is 380 g/mol. The van der Waals surface area contributed by atoms with Crippen LogP contribution in [-0.4, -0.2) is 42.0 Å². The van der Waals surface area contributed by atoms with Crippen LogP contribution < -0.4 is 5.32 Å². The van der Waals surface area contributed by atoms with Gasteiger partial charge in [-0.25, -0.2) is 4.79 Å². The Hall–Kier alpha value is -2.33. The summed E-state index contributed by atoms with van der Waals surface area (Å²) < 4.78 is 0. The maximum atomic E-state index is 12.6. The number of nitrogens with zero attached hydrogens (tertiary/aromatic N) is 2. The number of amides is 2. The Kier molecular flexibility index (Phi) is 6.40. The fourth-order valence-corrected chi connectivity index (χ4v) is 3.62. The molecule has 0 bridgehead atoms. The van der Waals surface area contributed by atoms with Gasteiger partial charge < -0.3 is 10.2 Å². The number of piperazine rings is 1. The molecule has 4 heteroatoms. The zero-order valence-electron chi connectivity index (χ0n) is 17.7. The monoisotopic (exact) mass is 379 g/mol. The summed E-state index contributed by atoms with van der Waals surface area (Å²) in [6.45, 7) is 13.1. The van der Waals surface area contributed by atoms with Crippen LogP contribution in [0, 0.1) is 0 Å². The minimum atomic E-state index is 0.00933. The van der Waals surface area contributed by atoms with Gasteiger partial charge in [0.05, 0.1) is 0 Å². The summed E-state index contributed by atoms with van der Waals surface area (Å²) in [6, 6.07) is 17.0. The highest BCUT2D eigenvalue weighted by molar-refractivity contribution is 5.90. The second kappa shape index (κ2) is 8.78. The molecule has 1 fully saturated rings. The van der Waals surface area contributed by atoms with Crippen molar-refractivity contribution in [1.82, 2.24) is 9.80 Å².